The van der Waals surface area contributed by atoms with E-state index in [0.717, 1.165) is 17.7 Å². The van der Waals surface area contributed by atoms with Gasteiger partial charge in [-0.15, -0.1) is 0 Å². The summed E-state index contributed by atoms with van der Waals surface area (Å²) < 4.78 is 5.32. The minimum atomic E-state index is -0.696. The summed E-state index contributed by atoms with van der Waals surface area (Å²) in [5.74, 6) is 0. The van der Waals surface area contributed by atoms with Gasteiger partial charge in [0, 0.05) is 26.7 Å². The summed E-state index contributed by atoms with van der Waals surface area (Å²) in [7, 11) is 1.63. The summed E-state index contributed by atoms with van der Waals surface area (Å²) in [5, 5.41) is 20.2. The molecule has 4 nitrogen and oxygen atoms in total. The molecule has 1 aliphatic heterocycles. The summed E-state index contributed by atoms with van der Waals surface area (Å²) in [4.78, 5) is 2.18. The molecule has 0 unspecified atom stereocenters. The lowest BCUT2D eigenvalue weighted by atomic mass is 9.73. The Bertz CT molecular complexity index is 672. The van der Waals surface area contributed by atoms with Gasteiger partial charge in [-0.3, -0.25) is 4.90 Å². The summed E-state index contributed by atoms with van der Waals surface area (Å²) in [5.41, 5.74) is 1.32. The first-order valence-corrected chi connectivity index (χ1v) is 8.65. The molecule has 0 saturated carbocycles. The van der Waals surface area contributed by atoms with Crippen LogP contribution < -0.4 is 0 Å². The van der Waals surface area contributed by atoms with Gasteiger partial charge in [0.1, 0.15) is 5.41 Å². The Balaban J connectivity index is 1.87. The van der Waals surface area contributed by atoms with Crippen LogP contribution in [-0.4, -0.2) is 49.0 Å². The van der Waals surface area contributed by atoms with Crippen molar-refractivity contribution in [2.24, 2.45) is 0 Å². The molecule has 3 rings (SSSR count). The lowest BCUT2D eigenvalue weighted by Gasteiger charge is -2.30. The maximum Gasteiger partial charge on any atom is 0.108 e. The molecule has 0 aromatic heterocycles. The van der Waals surface area contributed by atoms with E-state index in [0.29, 0.717) is 19.5 Å². The third kappa shape index (κ3) is 3.59. The summed E-state index contributed by atoms with van der Waals surface area (Å²) >= 11 is 0. The maximum atomic E-state index is 10.2. The highest BCUT2D eigenvalue weighted by molar-refractivity contribution is 5.45. The molecule has 1 N–H and O–H groups in total. The molecule has 1 fully saturated rings. The highest BCUT2D eigenvalue weighted by Gasteiger charge is 2.37. The molecule has 2 aromatic rings. The van der Waals surface area contributed by atoms with Gasteiger partial charge in [0.25, 0.3) is 0 Å². The van der Waals surface area contributed by atoms with Crippen LogP contribution in [0.2, 0.25) is 0 Å². The van der Waals surface area contributed by atoms with Gasteiger partial charge in [-0.25, -0.2) is 0 Å². The van der Waals surface area contributed by atoms with Crippen molar-refractivity contribution in [3.8, 4) is 6.07 Å². The third-order valence-corrected chi connectivity index (χ3v) is 5.14. The highest BCUT2D eigenvalue weighted by Crippen LogP contribution is 2.35. The number of aliphatic hydroxyl groups excluding tert-OH is 1. The fourth-order valence-corrected chi connectivity index (χ4v) is 3.66. The zero-order valence-corrected chi connectivity index (χ0v) is 14.5. The van der Waals surface area contributed by atoms with E-state index in [-0.39, 0.29) is 6.10 Å². The molecule has 1 saturated heterocycles. The number of aliphatic hydroxyl groups is 1. The van der Waals surface area contributed by atoms with Crippen LogP contribution in [0.4, 0.5) is 0 Å². The van der Waals surface area contributed by atoms with Gasteiger partial charge in [-0.2, -0.15) is 5.26 Å². The Morgan fingerprint density at radius 3 is 2.08 bits per heavy atom. The first-order valence-electron chi connectivity index (χ1n) is 8.65. The van der Waals surface area contributed by atoms with E-state index in [2.05, 4.69) is 11.0 Å². The monoisotopic (exact) mass is 336 g/mol. The van der Waals surface area contributed by atoms with Crippen LogP contribution in [0, 0.1) is 11.3 Å². The van der Waals surface area contributed by atoms with Crippen LogP contribution in [0.1, 0.15) is 17.5 Å². The van der Waals surface area contributed by atoms with Gasteiger partial charge in [0.2, 0.25) is 0 Å². The van der Waals surface area contributed by atoms with Gasteiger partial charge in [0.15, 0.2) is 0 Å². The zero-order valence-electron chi connectivity index (χ0n) is 14.5. The number of β-amino-alcohol motifs (C(OH)–C–C–N with tert-alkyl or cyclic N) is 1. The molecule has 2 aromatic carbocycles. The first-order chi connectivity index (χ1) is 12.2. The number of methoxy groups -OCH3 is 1. The van der Waals surface area contributed by atoms with E-state index in [1.807, 2.05) is 60.7 Å². The number of hydrogen-bond donors (Lipinski definition) is 1. The Kier molecular flexibility index (Phi) is 5.50. The van der Waals surface area contributed by atoms with Gasteiger partial charge >= 0.3 is 0 Å². The number of rotatable bonds is 6. The topological polar surface area (TPSA) is 56.5 Å². The fourth-order valence-electron chi connectivity index (χ4n) is 3.66. The molecular weight excluding hydrogens is 312 g/mol. The van der Waals surface area contributed by atoms with Crippen molar-refractivity contribution in [1.29, 1.82) is 5.26 Å². The van der Waals surface area contributed by atoms with Crippen molar-refractivity contribution < 1.29 is 9.84 Å². The van der Waals surface area contributed by atoms with Crippen LogP contribution in [-0.2, 0) is 10.2 Å². The second-order valence-electron chi connectivity index (χ2n) is 6.60. The first kappa shape index (κ1) is 17.6. The van der Waals surface area contributed by atoms with Crippen molar-refractivity contribution in [3.63, 3.8) is 0 Å². The van der Waals surface area contributed by atoms with Crippen LogP contribution in [0.25, 0.3) is 0 Å². The van der Waals surface area contributed by atoms with Crippen molar-refractivity contribution in [1.82, 2.24) is 4.90 Å². The highest BCUT2D eigenvalue weighted by atomic mass is 16.5. The van der Waals surface area contributed by atoms with E-state index in [4.69, 9.17) is 4.74 Å². The molecule has 1 aliphatic rings. The SMILES string of the molecule is CO[C@H]1CN(CCC(C#N)(c2ccccc2)c2ccccc2)C[C@@H]1O. The molecule has 0 aliphatic carbocycles. The lowest BCUT2D eigenvalue weighted by molar-refractivity contribution is 0.0215. The largest absolute Gasteiger partial charge is 0.389 e. The molecular formula is C21H24N2O2. The van der Waals surface area contributed by atoms with Crippen molar-refractivity contribution in [2.75, 3.05) is 26.7 Å². The molecule has 2 atom stereocenters. The van der Waals surface area contributed by atoms with E-state index >= 15 is 0 Å². The fraction of sp³-hybridized carbons (Fsp3) is 0.381. The molecule has 1 heterocycles. The Morgan fingerprint density at radius 1 is 1.08 bits per heavy atom. The Labute approximate surface area is 149 Å². The number of hydrogen-bond acceptors (Lipinski definition) is 4. The Morgan fingerprint density at radius 2 is 1.64 bits per heavy atom. The summed E-state index contributed by atoms with van der Waals surface area (Å²) in [6.45, 7) is 2.01. The zero-order chi connectivity index (χ0) is 17.7. The average molecular weight is 336 g/mol. The van der Waals surface area contributed by atoms with Crippen LogP contribution in [0.5, 0.6) is 0 Å². The average Bonchev–Trinajstić information content (AvgIpc) is 3.04. The van der Waals surface area contributed by atoms with Crippen molar-refractivity contribution >= 4 is 0 Å². The maximum absolute atomic E-state index is 10.2. The molecule has 0 bridgehead atoms. The van der Waals surface area contributed by atoms with Crippen LogP contribution in [0.3, 0.4) is 0 Å². The van der Waals surface area contributed by atoms with E-state index < -0.39 is 11.5 Å². The molecule has 4 heteroatoms. The van der Waals surface area contributed by atoms with Crippen LogP contribution in [0.15, 0.2) is 60.7 Å². The van der Waals surface area contributed by atoms with E-state index in [1.54, 1.807) is 7.11 Å². The second kappa shape index (κ2) is 7.79. The Hall–Kier alpha value is -2.19. The lowest BCUT2D eigenvalue weighted by Crippen LogP contribution is -2.33. The number of benzene rings is 2. The third-order valence-electron chi connectivity index (χ3n) is 5.14. The van der Waals surface area contributed by atoms with Crippen LogP contribution >= 0.6 is 0 Å². The van der Waals surface area contributed by atoms with Gasteiger partial charge in [-0.05, 0) is 17.5 Å². The molecule has 25 heavy (non-hydrogen) atoms. The molecule has 0 spiro atoms. The van der Waals surface area contributed by atoms with Crippen molar-refractivity contribution in [2.45, 2.75) is 24.0 Å². The number of nitrogens with zero attached hydrogens (tertiary/aromatic N) is 2. The quantitative estimate of drug-likeness (QED) is 0.881. The van der Waals surface area contributed by atoms with Gasteiger partial charge in [-0.1, -0.05) is 60.7 Å². The minimum absolute atomic E-state index is 0.148. The summed E-state index contributed by atoms with van der Waals surface area (Å²) in [6, 6.07) is 22.5. The normalized spacial score (nSPS) is 21.2. The predicted octanol–water partition coefficient (Wildman–Crippen LogP) is 2.58. The van der Waals surface area contributed by atoms with Gasteiger partial charge in [0.05, 0.1) is 18.3 Å². The van der Waals surface area contributed by atoms with Crippen molar-refractivity contribution in [3.05, 3.63) is 71.8 Å². The second-order valence-corrected chi connectivity index (χ2v) is 6.60. The molecule has 0 amide bonds. The van der Waals surface area contributed by atoms with E-state index in [9.17, 15) is 10.4 Å². The predicted molar refractivity (Wildman–Crippen MR) is 97.1 cm³/mol. The summed E-state index contributed by atoms with van der Waals surface area (Å²) in [6.07, 6.45) is 0.0561. The molecule has 130 valence electrons. The number of likely N-dealkylation sites (tertiary alicyclic amines) is 1. The van der Waals surface area contributed by atoms with Gasteiger partial charge < -0.3 is 9.84 Å². The number of ether oxygens (including phenoxy) is 1. The standard InChI is InChI=1S/C21H24N2O2/c1-25-20-15-23(14-19(20)24)13-12-21(16-22,17-8-4-2-5-9-17)18-10-6-3-7-11-18/h2-11,19-20,24H,12-15H2,1H3/t19-,20-/m0/s1. The minimum Gasteiger partial charge on any atom is -0.389 e. The smallest absolute Gasteiger partial charge is 0.108 e. The van der Waals surface area contributed by atoms with E-state index in [1.165, 1.54) is 0 Å². The molecule has 0 radical (unpaired) electrons. The number of nitriles is 1.